The molecule has 0 bridgehead atoms. The predicted octanol–water partition coefficient (Wildman–Crippen LogP) is 3.53. The number of rotatable bonds is 6. The Bertz CT molecular complexity index is 409. The fourth-order valence-corrected chi connectivity index (χ4v) is 10.7. The first-order valence-corrected chi connectivity index (χ1v) is 11.5. The molecule has 1 amide bonds. The van der Waals surface area contributed by atoms with E-state index in [0.29, 0.717) is 29.3 Å². The molecule has 0 radical (unpaired) electrons. The van der Waals surface area contributed by atoms with Gasteiger partial charge in [-0.25, -0.2) is 0 Å². The lowest BCUT2D eigenvalue weighted by Crippen LogP contribution is -2.66. The lowest BCUT2D eigenvalue weighted by atomic mass is 9.74. The third kappa shape index (κ3) is 3.38. The lowest BCUT2D eigenvalue weighted by molar-refractivity contribution is -0.147. The van der Waals surface area contributed by atoms with E-state index in [9.17, 15) is 4.79 Å². The van der Waals surface area contributed by atoms with E-state index in [1.165, 1.54) is 0 Å². The van der Waals surface area contributed by atoms with Gasteiger partial charge >= 0.3 is 0 Å². The van der Waals surface area contributed by atoms with Crippen molar-refractivity contribution < 1.29 is 9.22 Å². The van der Waals surface area contributed by atoms with Crippen molar-refractivity contribution in [2.24, 2.45) is 0 Å². The van der Waals surface area contributed by atoms with Gasteiger partial charge in [0.2, 0.25) is 14.2 Å². The Kier molecular flexibility index (Phi) is 5.64. The summed E-state index contributed by atoms with van der Waals surface area (Å²) in [5.41, 5.74) is 1.87. The number of hydrogen-bond donors (Lipinski definition) is 1. The summed E-state index contributed by atoms with van der Waals surface area (Å²) in [5, 5.41) is 3.16. The largest absolute Gasteiger partial charge is 0.413 e. The Morgan fingerprint density at radius 3 is 2.09 bits per heavy atom. The highest BCUT2D eigenvalue weighted by Crippen LogP contribution is 2.48. The summed E-state index contributed by atoms with van der Waals surface area (Å²) in [6, 6.07) is 0. The summed E-state index contributed by atoms with van der Waals surface area (Å²) in [6.45, 7) is 18.5. The summed E-state index contributed by atoms with van der Waals surface area (Å²) in [6.07, 6.45) is 2.33. The van der Waals surface area contributed by atoms with Crippen molar-refractivity contribution in [3.05, 3.63) is 0 Å². The maximum atomic E-state index is 12.2. The minimum Gasteiger partial charge on any atom is -0.413 e. The Morgan fingerprint density at radius 1 is 1.13 bits per heavy atom. The average Bonchev–Trinajstić information content (AvgIpc) is 2.41. The molecule has 1 heterocycles. The van der Waals surface area contributed by atoms with Crippen LogP contribution in [0.15, 0.2) is 0 Å². The number of nitrogens with one attached hydrogen (secondary N) is 1. The fourth-order valence-electron chi connectivity index (χ4n) is 5.10. The fraction of sp³-hybridized carbons (Fsp3) is 0.944. The van der Waals surface area contributed by atoms with Crippen molar-refractivity contribution in [2.45, 2.75) is 89.6 Å². The summed E-state index contributed by atoms with van der Waals surface area (Å²) in [4.78, 5) is 14.3. The molecular weight excluding hydrogens is 304 g/mol. The molecule has 1 aliphatic carbocycles. The number of hydrogen-bond acceptors (Lipinski definition) is 3. The topological polar surface area (TPSA) is 41.6 Å². The highest BCUT2D eigenvalue weighted by molar-refractivity contribution is 6.77. The standard InChI is InChI=1S/C18H36N2O2Si/c1-13(2)23(14(3)4,15(5)6)22-16-10-18(7,11-16)20-9-8-19-12-17(20)21/h13-16,19H,8-12H2,1-7H3. The van der Waals surface area contributed by atoms with Crippen LogP contribution < -0.4 is 5.32 Å². The molecule has 0 aromatic heterocycles. The first-order chi connectivity index (χ1) is 10.6. The summed E-state index contributed by atoms with van der Waals surface area (Å²) < 4.78 is 6.87. The van der Waals surface area contributed by atoms with Gasteiger partial charge in [-0.3, -0.25) is 4.79 Å². The van der Waals surface area contributed by atoms with E-state index < -0.39 is 8.32 Å². The van der Waals surface area contributed by atoms with Gasteiger partial charge in [-0.2, -0.15) is 0 Å². The number of amides is 1. The smallest absolute Gasteiger partial charge is 0.237 e. The summed E-state index contributed by atoms with van der Waals surface area (Å²) in [5.74, 6) is 0.247. The first-order valence-electron chi connectivity index (χ1n) is 9.32. The Hall–Kier alpha value is -0.393. The van der Waals surface area contributed by atoms with Crippen molar-refractivity contribution in [3.8, 4) is 0 Å². The number of piperazine rings is 1. The molecular formula is C18H36N2O2Si. The van der Waals surface area contributed by atoms with Gasteiger partial charge in [0.15, 0.2) is 0 Å². The molecule has 0 aromatic carbocycles. The highest BCUT2D eigenvalue weighted by Gasteiger charge is 2.53. The van der Waals surface area contributed by atoms with E-state index in [-0.39, 0.29) is 11.4 Å². The number of carbonyl (C=O) groups is 1. The van der Waals surface area contributed by atoms with Crippen LogP contribution in [0.1, 0.15) is 61.3 Å². The molecule has 134 valence electrons. The van der Waals surface area contributed by atoms with Gasteiger partial charge in [-0.15, -0.1) is 0 Å². The second-order valence-corrected chi connectivity index (χ2v) is 14.1. The van der Waals surface area contributed by atoms with Gasteiger partial charge in [0.05, 0.1) is 6.54 Å². The van der Waals surface area contributed by atoms with E-state index in [1.807, 2.05) is 0 Å². The average molecular weight is 341 g/mol. The third-order valence-electron chi connectivity index (χ3n) is 6.15. The van der Waals surface area contributed by atoms with Crippen LogP contribution in [0, 0.1) is 0 Å². The van der Waals surface area contributed by atoms with Crippen LogP contribution in [0.5, 0.6) is 0 Å². The molecule has 5 heteroatoms. The van der Waals surface area contributed by atoms with E-state index in [2.05, 4.69) is 58.7 Å². The summed E-state index contributed by atoms with van der Waals surface area (Å²) >= 11 is 0. The molecule has 2 rings (SSSR count). The molecule has 1 N–H and O–H groups in total. The van der Waals surface area contributed by atoms with Gasteiger partial charge in [0.25, 0.3) is 0 Å². The normalized spacial score (nSPS) is 29.6. The van der Waals surface area contributed by atoms with Crippen molar-refractivity contribution in [2.75, 3.05) is 19.6 Å². The third-order valence-corrected chi connectivity index (χ3v) is 12.3. The quantitative estimate of drug-likeness (QED) is 0.752. The minimum atomic E-state index is -1.81. The van der Waals surface area contributed by atoms with E-state index in [4.69, 9.17) is 4.43 Å². The van der Waals surface area contributed by atoms with Crippen LogP contribution in [-0.4, -0.2) is 50.4 Å². The zero-order chi connectivity index (χ0) is 17.4. The van der Waals surface area contributed by atoms with E-state index >= 15 is 0 Å². The maximum absolute atomic E-state index is 12.2. The van der Waals surface area contributed by atoms with Gasteiger partial charge in [0, 0.05) is 24.7 Å². The minimum absolute atomic E-state index is 0.00886. The molecule has 2 aliphatic rings. The molecule has 4 nitrogen and oxygen atoms in total. The molecule has 1 saturated heterocycles. The molecule has 23 heavy (non-hydrogen) atoms. The van der Waals surface area contributed by atoms with Gasteiger partial charge in [-0.05, 0) is 36.4 Å². The van der Waals surface area contributed by atoms with Gasteiger partial charge in [-0.1, -0.05) is 41.5 Å². The summed E-state index contributed by atoms with van der Waals surface area (Å²) in [7, 11) is -1.81. The Morgan fingerprint density at radius 2 is 1.65 bits per heavy atom. The van der Waals surface area contributed by atoms with Gasteiger partial charge in [0.1, 0.15) is 0 Å². The van der Waals surface area contributed by atoms with Crippen molar-refractivity contribution >= 4 is 14.2 Å². The van der Waals surface area contributed by atoms with Crippen molar-refractivity contribution in [1.82, 2.24) is 10.2 Å². The predicted molar refractivity (Wildman–Crippen MR) is 98.1 cm³/mol. The van der Waals surface area contributed by atoms with Crippen molar-refractivity contribution in [1.29, 1.82) is 0 Å². The number of carbonyl (C=O) groups excluding carboxylic acids is 1. The van der Waals surface area contributed by atoms with Crippen LogP contribution in [0.2, 0.25) is 16.6 Å². The zero-order valence-electron chi connectivity index (χ0n) is 16.1. The molecule has 2 fully saturated rings. The first kappa shape index (κ1) is 18.9. The molecule has 1 aliphatic heterocycles. The van der Waals surface area contributed by atoms with Crippen LogP contribution in [0.3, 0.4) is 0 Å². The molecule has 0 aromatic rings. The molecule has 0 spiro atoms. The second kappa shape index (κ2) is 6.85. The lowest BCUT2D eigenvalue weighted by Gasteiger charge is -2.56. The van der Waals surface area contributed by atoms with Crippen LogP contribution >= 0.6 is 0 Å². The van der Waals surface area contributed by atoms with Crippen LogP contribution in [-0.2, 0) is 9.22 Å². The van der Waals surface area contributed by atoms with E-state index in [1.54, 1.807) is 0 Å². The van der Waals surface area contributed by atoms with Crippen molar-refractivity contribution in [3.63, 3.8) is 0 Å². The van der Waals surface area contributed by atoms with Crippen LogP contribution in [0.4, 0.5) is 0 Å². The second-order valence-electron chi connectivity index (χ2n) is 8.68. The Labute approximate surface area is 143 Å². The zero-order valence-corrected chi connectivity index (χ0v) is 17.1. The highest BCUT2D eigenvalue weighted by atomic mass is 28.4. The molecule has 0 atom stereocenters. The van der Waals surface area contributed by atoms with Crippen LogP contribution in [0.25, 0.3) is 0 Å². The number of nitrogens with zero attached hydrogens (tertiary/aromatic N) is 1. The molecule has 1 saturated carbocycles. The SMILES string of the molecule is CC(C)[Si](OC1CC(C)(N2CCNCC2=O)C1)(C(C)C)C(C)C. The Balaban J connectivity index is 2.04. The van der Waals surface area contributed by atoms with E-state index in [0.717, 1.165) is 25.9 Å². The molecule has 0 unspecified atom stereocenters. The maximum Gasteiger partial charge on any atom is 0.237 e. The monoisotopic (exact) mass is 340 g/mol. The van der Waals surface area contributed by atoms with Gasteiger partial charge < -0.3 is 14.6 Å².